The van der Waals surface area contributed by atoms with Gasteiger partial charge in [-0.15, -0.1) is 5.10 Å². The first-order valence-corrected chi connectivity index (χ1v) is 9.12. The molecule has 146 valence electrons. The number of nitrogens with zero attached hydrogens (tertiary/aromatic N) is 3. The highest BCUT2D eigenvalue weighted by atomic mass is 79.9. The first kappa shape index (κ1) is 19.7. The topological polar surface area (TPSA) is 68.9 Å². The van der Waals surface area contributed by atoms with E-state index < -0.39 is 28.9 Å². The van der Waals surface area contributed by atoms with Crippen molar-refractivity contribution in [3.63, 3.8) is 0 Å². The number of halogens is 4. The highest BCUT2D eigenvalue weighted by Crippen LogP contribution is 2.35. The van der Waals surface area contributed by atoms with Gasteiger partial charge in [-0.3, -0.25) is 9.36 Å². The quantitative estimate of drug-likeness (QED) is 0.766. The van der Waals surface area contributed by atoms with Gasteiger partial charge in [-0.05, 0) is 60.3 Å². The van der Waals surface area contributed by atoms with Gasteiger partial charge in [0.2, 0.25) is 10.6 Å². The number of amides is 1. The molecule has 6 nitrogen and oxygen atoms in total. The van der Waals surface area contributed by atoms with E-state index in [1.807, 2.05) is 0 Å². The maximum Gasteiger partial charge on any atom is 0.416 e. The molecule has 1 fully saturated rings. The van der Waals surface area contributed by atoms with Crippen molar-refractivity contribution in [2.75, 3.05) is 0 Å². The van der Waals surface area contributed by atoms with Crippen LogP contribution in [-0.2, 0) is 23.1 Å². The minimum absolute atomic E-state index is 0.102. The molecule has 1 aliphatic carbocycles. The van der Waals surface area contributed by atoms with E-state index in [0.717, 1.165) is 29.7 Å². The largest absolute Gasteiger partial charge is 0.416 e. The summed E-state index contributed by atoms with van der Waals surface area (Å²) in [5.41, 5.74) is -1.93. The maximum absolute atomic E-state index is 12.9. The van der Waals surface area contributed by atoms with Crippen LogP contribution < -0.4 is 11.0 Å². The van der Waals surface area contributed by atoms with Crippen molar-refractivity contribution >= 4 is 21.8 Å². The monoisotopic (exact) mass is 446 g/mol. The van der Waals surface area contributed by atoms with Gasteiger partial charge in [-0.2, -0.15) is 13.2 Å². The van der Waals surface area contributed by atoms with E-state index in [0.29, 0.717) is 10.3 Å². The van der Waals surface area contributed by atoms with Crippen molar-refractivity contribution < 1.29 is 18.0 Å². The van der Waals surface area contributed by atoms with E-state index in [9.17, 15) is 22.8 Å². The third-order valence-electron chi connectivity index (χ3n) is 4.40. The zero-order valence-electron chi connectivity index (χ0n) is 14.7. The average Bonchev–Trinajstić information content (AvgIpc) is 3.34. The van der Waals surface area contributed by atoms with E-state index in [-0.39, 0.29) is 12.6 Å². The molecule has 1 aromatic carbocycles. The zero-order valence-corrected chi connectivity index (χ0v) is 16.3. The second-order valence-electron chi connectivity index (χ2n) is 7.06. The molecule has 3 rings (SSSR count). The molecule has 0 atom stereocenters. The Bertz CT molecular complexity index is 929. The van der Waals surface area contributed by atoms with Gasteiger partial charge in [0.05, 0.1) is 11.1 Å². The number of benzene rings is 1. The van der Waals surface area contributed by atoms with Crippen LogP contribution in [0.2, 0.25) is 0 Å². The normalized spacial score (nSPS) is 15.0. The van der Waals surface area contributed by atoms with E-state index in [2.05, 4.69) is 26.3 Å². The van der Waals surface area contributed by atoms with Crippen molar-refractivity contribution in [1.82, 2.24) is 19.7 Å². The van der Waals surface area contributed by atoms with Crippen LogP contribution in [-0.4, -0.2) is 20.3 Å². The molecule has 0 unspecified atom stereocenters. The van der Waals surface area contributed by atoms with Gasteiger partial charge in [0.1, 0.15) is 6.54 Å². The molecule has 1 heterocycles. The molecule has 1 aliphatic rings. The summed E-state index contributed by atoms with van der Waals surface area (Å²) in [5, 5.41) is 6.70. The molecule has 0 saturated heterocycles. The molecule has 0 radical (unpaired) electrons. The molecule has 2 aromatic rings. The summed E-state index contributed by atoms with van der Waals surface area (Å²) in [4.78, 5) is 24.7. The van der Waals surface area contributed by atoms with Crippen molar-refractivity contribution in [2.45, 2.75) is 51.0 Å². The van der Waals surface area contributed by atoms with E-state index in [4.69, 9.17) is 0 Å². The summed E-state index contributed by atoms with van der Waals surface area (Å²) >= 11 is 3.22. The molecule has 10 heteroatoms. The highest BCUT2D eigenvalue weighted by Gasteiger charge is 2.33. The summed E-state index contributed by atoms with van der Waals surface area (Å²) in [6, 6.07) is 4.89. The summed E-state index contributed by atoms with van der Waals surface area (Å²) in [7, 11) is 0. The summed E-state index contributed by atoms with van der Waals surface area (Å²) in [6.07, 6.45) is -2.69. The minimum atomic E-state index is -4.47. The molecule has 1 saturated carbocycles. The third-order valence-corrected chi connectivity index (χ3v) is 4.94. The van der Waals surface area contributed by atoms with Gasteiger partial charge in [0.25, 0.3) is 0 Å². The molecule has 1 amide bonds. The fourth-order valence-electron chi connectivity index (χ4n) is 2.82. The first-order valence-electron chi connectivity index (χ1n) is 8.32. The van der Waals surface area contributed by atoms with E-state index in [1.54, 1.807) is 13.8 Å². The summed E-state index contributed by atoms with van der Waals surface area (Å²) < 4.78 is 41.7. The lowest BCUT2D eigenvalue weighted by Gasteiger charge is -2.27. The van der Waals surface area contributed by atoms with Gasteiger partial charge in [-0.25, -0.2) is 9.48 Å². The second-order valence-corrected chi connectivity index (χ2v) is 7.77. The van der Waals surface area contributed by atoms with Crippen molar-refractivity contribution in [3.8, 4) is 0 Å². The number of carbonyl (C=O) groups excluding carboxylic acids is 1. The van der Waals surface area contributed by atoms with Gasteiger partial charge in [0.15, 0.2) is 0 Å². The number of nitrogens with one attached hydrogen (secondary N) is 1. The fourth-order valence-corrected chi connectivity index (χ4v) is 3.45. The van der Waals surface area contributed by atoms with Crippen LogP contribution in [0.25, 0.3) is 0 Å². The predicted octanol–water partition coefficient (Wildman–Crippen LogP) is 3.21. The number of hydrogen-bond donors (Lipinski definition) is 1. The van der Waals surface area contributed by atoms with Crippen LogP contribution in [0, 0.1) is 0 Å². The van der Waals surface area contributed by atoms with Gasteiger partial charge in [-0.1, -0.05) is 12.1 Å². The van der Waals surface area contributed by atoms with Gasteiger partial charge in [0, 0.05) is 6.04 Å². The van der Waals surface area contributed by atoms with Crippen LogP contribution in [0.15, 0.2) is 33.8 Å². The molecule has 1 aromatic heterocycles. The molecule has 27 heavy (non-hydrogen) atoms. The van der Waals surface area contributed by atoms with Crippen LogP contribution in [0.4, 0.5) is 13.2 Å². The van der Waals surface area contributed by atoms with Crippen LogP contribution >= 0.6 is 15.9 Å². The minimum Gasteiger partial charge on any atom is -0.346 e. The Kier molecular flexibility index (Phi) is 4.96. The predicted molar refractivity (Wildman–Crippen MR) is 95.1 cm³/mol. The number of carbonyl (C=O) groups is 1. The second kappa shape index (κ2) is 6.81. The summed E-state index contributed by atoms with van der Waals surface area (Å²) in [5.74, 6) is -0.521. The molecular weight excluding hydrogens is 429 g/mol. The van der Waals surface area contributed by atoms with Gasteiger partial charge >= 0.3 is 11.9 Å². The first-order chi connectivity index (χ1) is 12.5. The Balaban J connectivity index is 1.75. The van der Waals surface area contributed by atoms with Crippen LogP contribution in [0.3, 0.4) is 0 Å². The fraction of sp³-hybridized carbons (Fsp3) is 0.471. The number of aromatic nitrogens is 3. The lowest BCUT2D eigenvalue weighted by atomic mass is 9.92. The molecular formula is C17H18BrF3N4O2. The maximum atomic E-state index is 12.9. The zero-order chi connectivity index (χ0) is 20.0. The van der Waals surface area contributed by atoms with Crippen molar-refractivity contribution in [1.29, 1.82) is 0 Å². The SMILES string of the molecule is CC(C)(NC(=O)Cn1nc(Br)n(C2CC2)c1=O)c1cccc(C(F)(F)F)c1. The van der Waals surface area contributed by atoms with Crippen molar-refractivity contribution in [2.24, 2.45) is 0 Å². The Morgan fingerprint density at radius 3 is 2.52 bits per heavy atom. The Morgan fingerprint density at radius 1 is 1.30 bits per heavy atom. The third kappa shape index (κ3) is 4.26. The number of hydrogen-bond acceptors (Lipinski definition) is 3. The van der Waals surface area contributed by atoms with Crippen LogP contribution in [0.5, 0.6) is 0 Å². The number of alkyl halides is 3. The smallest absolute Gasteiger partial charge is 0.346 e. The number of rotatable bonds is 5. The molecule has 0 aliphatic heterocycles. The standard InChI is InChI=1S/C17H18BrF3N4O2/c1-16(2,10-4-3-5-11(8-10)17(19,20)21)22-13(26)9-24-15(27)25(12-6-7-12)14(18)23-24/h3-5,8,12H,6-7,9H2,1-2H3,(H,22,26). The Morgan fingerprint density at radius 2 is 1.93 bits per heavy atom. The lowest BCUT2D eigenvalue weighted by Crippen LogP contribution is -2.44. The summed E-state index contributed by atoms with van der Waals surface area (Å²) in [6.45, 7) is 2.88. The lowest BCUT2D eigenvalue weighted by molar-refractivity contribution is -0.137. The van der Waals surface area contributed by atoms with E-state index >= 15 is 0 Å². The average molecular weight is 447 g/mol. The molecule has 0 spiro atoms. The van der Waals surface area contributed by atoms with Crippen molar-refractivity contribution in [3.05, 3.63) is 50.6 Å². The van der Waals surface area contributed by atoms with Crippen LogP contribution in [0.1, 0.15) is 43.9 Å². The molecule has 0 bridgehead atoms. The highest BCUT2D eigenvalue weighted by molar-refractivity contribution is 9.10. The molecule has 1 N–H and O–H groups in total. The van der Waals surface area contributed by atoms with E-state index in [1.165, 1.54) is 16.7 Å². The van der Waals surface area contributed by atoms with Gasteiger partial charge < -0.3 is 5.32 Å². The Hall–Kier alpha value is -2.10. The Labute approximate surface area is 161 Å².